The maximum atomic E-state index is 13.1. The molecule has 0 N–H and O–H groups in total. The first-order valence-corrected chi connectivity index (χ1v) is 11.9. The summed E-state index contributed by atoms with van der Waals surface area (Å²) in [6.45, 7) is 6.74. The standard InChI is InChI=1S/C25H32FN5O2/c1-3-18(2)31(25(33)20-5-4-6-20)17-24(32)30-15-13-29(14-16-30)23-12-11-22(27-28-23)19-7-9-21(26)10-8-19/h7-12,18,20H,3-6,13-17H2,1-2H3. The van der Waals surface area contributed by atoms with Crippen LogP contribution in [-0.4, -0.2) is 70.6 Å². The molecule has 2 amide bonds. The largest absolute Gasteiger partial charge is 0.352 e. The zero-order chi connectivity index (χ0) is 23.4. The quantitative estimate of drug-likeness (QED) is 0.643. The summed E-state index contributed by atoms with van der Waals surface area (Å²) in [5, 5.41) is 8.62. The summed E-state index contributed by atoms with van der Waals surface area (Å²) < 4.78 is 13.1. The maximum absolute atomic E-state index is 13.1. The molecule has 1 unspecified atom stereocenters. The molecule has 0 spiro atoms. The van der Waals surface area contributed by atoms with E-state index >= 15 is 0 Å². The Kier molecular flexibility index (Phi) is 7.20. The van der Waals surface area contributed by atoms with Crippen LogP contribution < -0.4 is 4.90 Å². The van der Waals surface area contributed by atoms with Crippen LogP contribution in [0.4, 0.5) is 10.2 Å². The van der Waals surface area contributed by atoms with Crippen LogP contribution in [-0.2, 0) is 9.59 Å². The van der Waals surface area contributed by atoms with Gasteiger partial charge in [-0.15, -0.1) is 10.2 Å². The first kappa shape index (κ1) is 23.1. The van der Waals surface area contributed by atoms with Crippen LogP contribution in [0.3, 0.4) is 0 Å². The lowest BCUT2D eigenvalue weighted by molar-refractivity contribution is -0.147. The maximum Gasteiger partial charge on any atom is 0.242 e. The average molecular weight is 454 g/mol. The second-order valence-electron chi connectivity index (χ2n) is 9.00. The molecule has 1 atom stereocenters. The topological polar surface area (TPSA) is 69.6 Å². The Morgan fingerprint density at radius 3 is 2.30 bits per heavy atom. The molecule has 2 aromatic rings. The van der Waals surface area contributed by atoms with Gasteiger partial charge in [0.1, 0.15) is 5.82 Å². The van der Waals surface area contributed by atoms with Crippen molar-refractivity contribution in [3.05, 3.63) is 42.2 Å². The lowest BCUT2D eigenvalue weighted by Crippen LogP contribution is -2.54. The number of carbonyl (C=O) groups is 2. The Morgan fingerprint density at radius 1 is 1.06 bits per heavy atom. The van der Waals surface area contributed by atoms with Crippen molar-refractivity contribution in [2.45, 2.75) is 45.6 Å². The molecule has 1 aliphatic carbocycles. The minimum atomic E-state index is -0.282. The van der Waals surface area contributed by atoms with E-state index in [1.54, 1.807) is 17.0 Å². The van der Waals surface area contributed by atoms with Gasteiger partial charge in [0.2, 0.25) is 11.8 Å². The summed E-state index contributed by atoms with van der Waals surface area (Å²) in [4.78, 5) is 31.6. The molecule has 0 radical (unpaired) electrons. The van der Waals surface area contributed by atoms with Gasteiger partial charge >= 0.3 is 0 Å². The highest BCUT2D eigenvalue weighted by Gasteiger charge is 2.33. The van der Waals surface area contributed by atoms with Crippen molar-refractivity contribution in [2.75, 3.05) is 37.6 Å². The molecule has 7 nitrogen and oxygen atoms in total. The van der Waals surface area contributed by atoms with E-state index in [4.69, 9.17) is 0 Å². The minimum absolute atomic E-state index is 0.0142. The number of hydrogen-bond acceptors (Lipinski definition) is 5. The molecular formula is C25H32FN5O2. The van der Waals surface area contributed by atoms with Gasteiger partial charge in [0.05, 0.1) is 12.2 Å². The number of benzene rings is 1. The van der Waals surface area contributed by atoms with Gasteiger partial charge in [0.15, 0.2) is 5.82 Å². The van der Waals surface area contributed by atoms with Gasteiger partial charge < -0.3 is 14.7 Å². The molecule has 0 bridgehead atoms. The van der Waals surface area contributed by atoms with Crippen LogP contribution >= 0.6 is 0 Å². The minimum Gasteiger partial charge on any atom is -0.352 e. The smallest absolute Gasteiger partial charge is 0.242 e. The van der Waals surface area contributed by atoms with Crippen molar-refractivity contribution >= 4 is 17.6 Å². The normalized spacial score (nSPS) is 17.4. The SMILES string of the molecule is CCC(C)N(CC(=O)N1CCN(c2ccc(-c3ccc(F)cc3)nn2)CC1)C(=O)C1CCC1. The van der Waals surface area contributed by atoms with E-state index < -0.39 is 0 Å². The number of piperazine rings is 1. The van der Waals surface area contributed by atoms with Crippen molar-refractivity contribution in [3.63, 3.8) is 0 Å². The molecule has 1 aromatic carbocycles. The van der Waals surface area contributed by atoms with Crippen LogP contribution in [0, 0.1) is 11.7 Å². The van der Waals surface area contributed by atoms with Gasteiger partial charge in [0, 0.05) is 43.7 Å². The van der Waals surface area contributed by atoms with Crippen LogP contribution in [0.1, 0.15) is 39.5 Å². The number of carbonyl (C=O) groups excluding carboxylic acids is 2. The molecule has 176 valence electrons. The summed E-state index contributed by atoms with van der Waals surface area (Å²) >= 11 is 0. The second kappa shape index (κ2) is 10.3. The predicted molar refractivity (Wildman–Crippen MR) is 125 cm³/mol. The van der Waals surface area contributed by atoms with E-state index in [1.807, 2.05) is 24.0 Å². The lowest BCUT2D eigenvalue weighted by Gasteiger charge is -2.38. The monoisotopic (exact) mass is 453 g/mol. The number of halogens is 1. The van der Waals surface area contributed by atoms with Gasteiger partial charge in [0.25, 0.3) is 0 Å². The third kappa shape index (κ3) is 5.31. The molecule has 2 aliphatic rings. The van der Waals surface area contributed by atoms with Crippen LogP contribution in [0.25, 0.3) is 11.3 Å². The fraction of sp³-hybridized carbons (Fsp3) is 0.520. The molecule has 1 saturated heterocycles. The summed E-state index contributed by atoms with van der Waals surface area (Å²) in [5.74, 6) is 0.726. The van der Waals surface area contributed by atoms with Crippen LogP contribution in [0.15, 0.2) is 36.4 Å². The van der Waals surface area contributed by atoms with E-state index in [0.717, 1.165) is 37.1 Å². The lowest BCUT2D eigenvalue weighted by atomic mass is 9.84. The zero-order valence-electron chi connectivity index (χ0n) is 19.4. The number of anilines is 1. The highest BCUT2D eigenvalue weighted by molar-refractivity contribution is 5.86. The number of amides is 2. The van der Waals surface area contributed by atoms with Crippen molar-refractivity contribution < 1.29 is 14.0 Å². The molecule has 1 saturated carbocycles. The van der Waals surface area contributed by atoms with Crippen molar-refractivity contribution in [1.82, 2.24) is 20.0 Å². The van der Waals surface area contributed by atoms with Crippen molar-refractivity contribution in [2.24, 2.45) is 5.92 Å². The van der Waals surface area contributed by atoms with Gasteiger partial charge in [-0.1, -0.05) is 13.3 Å². The second-order valence-corrected chi connectivity index (χ2v) is 9.00. The molecule has 1 aliphatic heterocycles. The van der Waals surface area contributed by atoms with Crippen molar-refractivity contribution in [1.29, 1.82) is 0 Å². The first-order chi connectivity index (χ1) is 16.0. The van der Waals surface area contributed by atoms with E-state index in [9.17, 15) is 14.0 Å². The molecule has 1 aromatic heterocycles. The van der Waals surface area contributed by atoms with Crippen LogP contribution in [0.2, 0.25) is 0 Å². The Balaban J connectivity index is 1.32. The fourth-order valence-electron chi connectivity index (χ4n) is 4.26. The first-order valence-electron chi connectivity index (χ1n) is 11.9. The van der Waals surface area contributed by atoms with Crippen molar-refractivity contribution in [3.8, 4) is 11.3 Å². The van der Waals surface area contributed by atoms with Gasteiger partial charge in [-0.3, -0.25) is 9.59 Å². The van der Waals surface area contributed by atoms with Gasteiger partial charge in [-0.05, 0) is 62.6 Å². The molecule has 2 heterocycles. The molecular weight excluding hydrogens is 421 g/mol. The van der Waals surface area contributed by atoms with E-state index in [1.165, 1.54) is 12.1 Å². The highest BCUT2D eigenvalue weighted by Crippen LogP contribution is 2.29. The van der Waals surface area contributed by atoms with E-state index in [2.05, 4.69) is 22.0 Å². The molecule has 8 heteroatoms. The molecule has 33 heavy (non-hydrogen) atoms. The summed E-state index contributed by atoms with van der Waals surface area (Å²) in [6.07, 6.45) is 3.83. The number of nitrogens with zero attached hydrogens (tertiary/aromatic N) is 5. The third-order valence-electron chi connectivity index (χ3n) is 6.91. The molecule has 2 fully saturated rings. The summed E-state index contributed by atoms with van der Waals surface area (Å²) in [5.41, 5.74) is 1.50. The number of rotatable bonds is 7. The fourth-order valence-corrected chi connectivity index (χ4v) is 4.26. The predicted octanol–water partition coefficient (Wildman–Crippen LogP) is 3.36. The molecule has 4 rings (SSSR count). The Labute approximate surface area is 194 Å². The summed E-state index contributed by atoms with van der Waals surface area (Å²) in [6, 6.07) is 10.0. The Hall–Kier alpha value is -3.03. The van der Waals surface area contributed by atoms with Crippen LogP contribution in [0.5, 0.6) is 0 Å². The van der Waals surface area contributed by atoms with E-state index in [-0.39, 0.29) is 36.1 Å². The number of hydrogen-bond donors (Lipinski definition) is 0. The number of aromatic nitrogens is 2. The van der Waals surface area contributed by atoms with E-state index in [0.29, 0.717) is 31.9 Å². The third-order valence-corrected chi connectivity index (χ3v) is 6.91. The average Bonchev–Trinajstić information content (AvgIpc) is 2.81. The van der Waals surface area contributed by atoms with Gasteiger partial charge in [-0.2, -0.15) is 0 Å². The zero-order valence-corrected chi connectivity index (χ0v) is 19.4. The highest BCUT2D eigenvalue weighted by atomic mass is 19.1. The van der Waals surface area contributed by atoms with Gasteiger partial charge in [-0.25, -0.2) is 4.39 Å². The summed E-state index contributed by atoms with van der Waals surface area (Å²) in [7, 11) is 0. The Bertz CT molecular complexity index is 954. The Morgan fingerprint density at radius 2 is 1.76 bits per heavy atom.